The minimum atomic E-state index is -0.407. The summed E-state index contributed by atoms with van der Waals surface area (Å²) in [4.78, 5) is 35.7. The second-order valence-electron chi connectivity index (χ2n) is 8.78. The van der Waals surface area contributed by atoms with E-state index in [0.717, 1.165) is 69.4 Å². The van der Waals surface area contributed by atoms with Crippen LogP contribution in [0.25, 0.3) is 0 Å². The van der Waals surface area contributed by atoms with Gasteiger partial charge in [0.1, 0.15) is 5.82 Å². The summed E-state index contributed by atoms with van der Waals surface area (Å²) < 4.78 is 0. The lowest BCUT2D eigenvalue weighted by atomic mass is 9.97. The van der Waals surface area contributed by atoms with Crippen LogP contribution in [0.5, 0.6) is 0 Å². The molecule has 1 aromatic heterocycles. The average molecular weight is 470 g/mol. The van der Waals surface area contributed by atoms with Crippen LogP contribution in [0.1, 0.15) is 19.8 Å². The van der Waals surface area contributed by atoms with Crippen LogP contribution in [-0.4, -0.2) is 76.7 Å². The van der Waals surface area contributed by atoms with Crippen molar-refractivity contribution in [1.82, 2.24) is 14.8 Å². The van der Waals surface area contributed by atoms with Crippen molar-refractivity contribution in [3.8, 4) is 0 Å². The third kappa shape index (κ3) is 6.23. The standard InChI is InChI=1S/C24H31N5O3S/c1-19(33-22-9-7-21(8-10-22)29(31)32)24(30)28-12-4-5-20(18-28)17-26-13-15-27(16-14-26)23-6-2-3-11-25-23/h2-3,6-11,19-20H,4-5,12-18H2,1H3/t19-,20+/m1/s1. The summed E-state index contributed by atoms with van der Waals surface area (Å²) in [6, 6.07) is 12.5. The summed E-state index contributed by atoms with van der Waals surface area (Å²) in [5, 5.41) is 10.6. The third-order valence-corrected chi connectivity index (χ3v) is 7.50. The number of carbonyl (C=O) groups excluding carboxylic acids is 1. The number of nitrogens with zero attached hydrogens (tertiary/aromatic N) is 5. The predicted molar refractivity (Wildman–Crippen MR) is 131 cm³/mol. The number of piperidine rings is 1. The Balaban J connectivity index is 1.25. The molecule has 0 aliphatic carbocycles. The number of thioether (sulfide) groups is 1. The number of rotatable bonds is 7. The number of amides is 1. The Morgan fingerprint density at radius 2 is 1.91 bits per heavy atom. The van der Waals surface area contributed by atoms with Gasteiger partial charge in [0.2, 0.25) is 5.91 Å². The van der Waals surface area contributed by atoms with E-state index in [0.29, 0.717) is 5.92 Å². The molecule has 0 radical (unpaired) electrons. The molecule has 0 spiro atoms. The summed E-state index contributed by atoms with van der Waals surface area (Å²) in [6.07, 6.45) is 4.05. The van der Waals surface area contributed by atoms with Gasteiger partial charge in [-0.1, -0.05) is 6.07 Å². The Morgan fingerprint density at radius 1 is 1.15 bits per heavy atom. The number of piperazine rings is 1. The first-order valence-corrected chi connectivity index (χ1v) is 12.5. The number of hydrogen-bond donors (Lipinski definition) is 0. The molecule has 2 aliphatic rings. The number of nitro groups is 1. The molecule has 176 valence electrons. The lowest BCUT2D eigenvalue weighted by Crippen LogP contribution is -2.51. The van der Waals surface area contributed by atoms with Gasteiger partial charge in [0.25, 0.3) is 5.69 Å². The van der Waals surface area contributed by atoms with Crippen LogP contribution in [-0.2, 0) is 4.79 Å². The predicted octanol–water partition coefficient (Wildman–Crippen LogP) is 3.53. The first-order valence-electron chi connectivity index (χ1n) is 11.6. The van der Waals surface area contributed by atoms with Crippen LogP contribution in [0.3, 0.4) is 0 Å². The van der Waals surface area contributed by atoms with Crippen molar-refractivity contribution in [3.63, 3.8) is 0 Å². The number of non-ortho nitro benzene ring substituents is 1. The fourth-order valence-corrected chi connectivity index (χ4v) is 5.59. The van der Waals surface area contributed by atoms with Gasteiger partial charge < -0.3 is 9.80 Å². The second kappa shape index (κ2) is 11.0. The van der Waals surface area contributed by atoms with Gasteiger partial charge in [-0.05, 0) is 49.9 Å². The maximum atomic E-state index is 13.1. The highest BCUT2D eigenvalue weighted by Crippen LogP contribution is 2.28. The molecule has 2 atom stereocenters. The van der Waals surface area contributed by atoms with Gasteiger partial charge in [0.15, 0.2) is 0 Å². The van der Waals surface area contributed by atoms with Crippen LogP contribution < -0.4 is 4.90 Å². The summed E-state index contributed by atoms with van der Waals surface area (Å²) in [7, 11) is 0. The Hall–Kier alpha value is -2.65. The largest absolute Gasteiger partial charge is 0.354 e. The van der Waals surface area contributed by atoms with Gasteiger partial charge in [-0.15, -0.1) is 11.8 Å². The molecule has 0 saturated carbocycles. The number of benzene rings is 1. The highest BCUT2D eigenvalue weighted by Gasteiger charge is 2.29. The lowest BCUT2D eigenvalue weighted by Gasteiger charge is -2.40. The van der Waals surface area contributed by atoms with E-state index < -0.39 is 4.92 Å². The van der Waals surface area contributed by atoms with Crippen LogP contribution in [0.15, 0.2) is 53.6 Å². The maximum absolute atomic E-state index is 13.1. The van der Waals surface area contributed by atoms with Gasteiger partial charge in [0.05, 0.1) is 10.2 Å². The molecule has 8 nitrogen and oxygen atoms in total. The number of carbonyl (C=O) groups is 1. The summed E-state index contributed by atoms with van der Waals surface area (Å²) in [6.45, 7) is 8.59. The Morgan fingerprint density at radius 3 is 2.58 bits per heavy atom. The van der Waals surface area contributed by atoms with Crippen LogP contribution in [0.4, 0.5) is 11.5 Å². The topological polar surface area (TPSA) is 82.8 Å². The van der Waals surface area contributed by atoms with Crippen LogP contribution in [0.2, 0.25) is 0 Å². The zero-order valence-corrected chi connectivity index (χ0v) is 19.8. The number of anilines is 1. The normalized spacial score (nSPS) is 20.5. The van der Waals surface area contributed by atoms with E-state index in [9.17, 15) is 14.9 Å². The lowest BCUT2D eigenvalue weighted by molar-refractivity contribution is -0.384. The molecule has 0 bridgehead atoms. The first kappa shape index (κ1) is 23.5. The van der Waals surface area contributed by atoms with Crippen molar-refractivity contribution < 1.29 is 9.72 Å². The van der Waals surface area contributed by atoms with Crippen molar-refractivity contribution in [2.24, 2.45) is 5.92 Å². The molecule has 9 heteroatoms. The Labute approximate surface area is 199 Å². The van der Waals surface area contributed by atoms with E-state index in [-0.39, 0.29) is 16.8 Å². The van der Waals surface area contributed by atoms with E-state index in [1.54, 1.807) is 12.1 Å². The zero-order chi connectivity index (χ0) is 23.2. The second-order valence-corrected chi connectivity index (χ2v) is 10.2. The molecule has 33 heavy (non-hydrogen) atoms. The number of nitro benzene ring substituents is 1. The van der Waals surface area contributed by atoms with Crippen molar-refractivity contribution in [3.05, 3.63) is 58.8 Å². The van der Waals surface area contributed by atoms with E-state index in [1.807, 2.05) is 30.2 Å². The quantitative estimate of drug-likeness (QED) is 0.348. The molecule has 1 amide bonds. The Kier molecular flexibility index (Phi) is 7.82. The monoisotopic (exact) mass is 469 g/mol. The number of pyridine rings is 1. The van der Waals surface area contributed by atoms with Crippen molar-refractivity contribution in [1.29, 1.82) is 0 Å². The van der Waals surface area contributed by atoms with Gasteiger partial charge in [-0.2, -0.15) is 0 Å². The highest BCUT2D eigenvalue weighted by atomic mass is 32.2. The van der Waals surface area contributed by atoms with Gasteiger partial charge in [-0.3, -0.25) is 19.8 Å². The number of likely N-dealkylation sites (tertiary alicyclic amines) is 1. The van der Waals surface area contributed by atoms with Gasteiger partial charge in [-0.25, -0.2) is 4.98 Å². The molecule has 2 aliphatic heterocycles. The van der Waals surface area contributed by atoms with Crippen LogP contribution in [0, 0.1) is 16.0 Å². The average Bonchev–Trinajstić information content (AvgIpc) is 2.85. The molecule has 0 N–H and O–H groups in total. The Bertz CT molecular complexity index is 935. The zero-order valence-electron chi connectivity index (χ0n) is 19.0. The van der Waals surface area contributed by atoms with E-state index >= 15 is 0 Å². The smallest absolute Gasteiger partial charge is 0.269 e. The number of hydrogen-bond acceptors (Lipinski definition) is 7. The molecule has 3 heterocycles. The minimum Gasteiger partial charge on any atom is -0.354 e. The van der Waals surface area contributed by atoms with Crippen LogP contribution >= 0.6 is 11.8 Å². The molecular formula is C24H31N5O3S. The molecular weight excluding hydrogens is 438 g/mol. The molecule has 2 fully saturated rings. The minimum absolute atomic E-state index is 0.0677. The SMILES string of the molecule is C[C@@H](Sc1ccc([N+](=O)[O-])cc1)C(=O)N1CCC[C@@H](CN2CCN(c3ccccn3)CC2)C1. The molecule has 2 aromatic rings. The van der Waals surface area contributed by atoms with Crippen molar-refractivity contribution in [2.75, 3.05) is 50.7 Å². The van der Waals surface area contributed by atoms with E-state index in [2.05, 4.69) is 20.9 Å². The fraction of sp³-hybridized carbons (Fsp3) is 0.500. The van der Waals surface area contributed by atoms with E-state index in [4.69, 9.17) is 0 Å². The summed E-state index contributed by atoms with van der Waals surface area (Å²) >= 11 is 1.47. The third-order valence-electron chi connectivity index (χ3n) is 6.40. The summed E-state index contributed by atoms with van der Waals surface area (Å²) in [5.41, 5.74) is 0.0677. The highest BCUT2D eigenvalue weighted by molar-refractivity contribution is 8.00. The maximum Gasteiger partial charge on any atom is 0.269 e. The van der Waals surface area contributed by atoms with Gasteiger partial charge in [0, 0.05) is 69.0 Å². The van der Waals surface area contributed by atoms with Crippen molar-refractivity contribution >= 4 is 29.2 Å². The first-order chi connectivity index (χ1) is 16.0. The van der Waals surface area contributed by atoms with Gasteiger partial charge >= 0.3 is 0 Å². The fourth-order valence-electron chi connectivity index (χ4n) is 4.64. The summed E-state index contributed by atoms with van der Waals surface area (Å²) in [5.74, 6) is 1.70. The number of aromatic nitrogens is 1. The van der Waals surface area contributed by atoms with E-state index in [1.165, 1.54) is 23.9 Å². The molecule has 0 unspecified atom stereocenters. The molecule has 1 aromatic carbocycles. The molecule has 2 saturated heterocycles. The molecule has 4 rings (SSSR count). The van der Waals surface area contributed by atoms with Crippen molar-refractivity contribution in [2.45, 2.75) is 29.9 Å².